The largest absolute Gasteiger partial charge is 0.390 e. The van der Waals surface area contributed by atoms with Crippen LogP contribution in [0.4, 0.5) is 0 Å². The van der Waals surface area contributed by atoms with Crippen LogP contribution < -0.4 is 0 Å². The van der Waals surface area contributed by atoms with E-state index in [1.54, 1.807) is 11.3 Å². The van der Waals surface area contributed by atoms with E-state index < -0.39 is 11.7 Å². The van der Waals surface area contributed by atoms with E-state index in [1.165, 1.54) is 0 Å². The van der Waals surface area contributed by atoms with Gasteiger partial charge >= 0.3 is 0 Å². The summed E-state index contributed by atoms with van der Waals surface area (Å²) in [5, 5.41) is 13.4. The second-order valence-electron chi connectivity index (χ2n) is 4.31. The van der Waals surface area contributed by atoms with Crippen LogP contribution >= 0.6 is 11.3 Å². The highest BCUT2D eigenvalue weighted by Gasteiger charge is 2.35. The van der Waals surface area contributed by atoms with Crippen LogP contribution in [-0.2, 0) is 11.2 Å². The molecule has 1 unspecified atom stereocenters. The minimum atomic E-state index is -0.483. The molecule has 0 saturated heterocycles. The maximum absolute atomic E-state index is 10.4. The summed E-state index contributed by atoms with van der Waals surface area (Å²) in [7, 11) is 0. The Bertz CT molecular complexity index is 334. The zero-order chi connectivity index (χ0) is 12.9. The monoisotopic (exact) mass is 257 g/mol. The molecule has 0 amide bonds. The molecule has 0 spiro atoms. The first-order valence-corrected chi connectivity index (χ1v) is 7.19. The van der Waals surface area contributed by atoms with Crippen molar-refractivity contribution in [3.63, 3.8) is 0 Å². The summed E-state index contributed by atoms with van der Waals surface area (Å²) < 4.78 is 5.80. The van der Waals surface area contributed by atoms with Crippen molar-refractivity contribution in [1.29, 1.82) is 0 Å². The van der Waals surface area contributed by atoms with E-state index in [1.807, 2.05) is 19.2 Å². The Morgan fingerprint density at radius 3 is 2.47 bits per heavy atom. The van der Waals surface area contributed by atoms with Gasteiger partial charge in [-0.3, -0.25) is 0 Å². The topological polar surface area (TPSA) is 42.4 Å². The molecule has 1 aromatic rings. The molecule has 1 N–H and O–H groups in total. The highest BCUT2D eigenvalue weighted by Crippen LogP contribution is 2.28. The minimum absolute atomic E-state index is 0.422. The third-order valence-electron chi connectivity index (χ3n) is 3.27. The van der Waals surface area contributed by atoms with Gasteiger partial charge in [0.1, 0.15) is 0 Å². The molecule has 0 fully saturated rings. The van der Waals surface area contributed by atoms with Crippen LogP contribution in [0, 0.1) is 6.92 Å². The Labute approximate surface area is 108 Å². The molecule has 1 atom stereocenters. The second kappa shape index (κ2) is 6.47. The van der Waals surface area contributed by atoms with E-state index in [0.717, 1.165) is 23.5 Å². The fraction of sp³-hybridized carbons (Fsp3) is 0.769. The van der Waals surface area contributed by atoms with Crippen LogP contribution in [0.1, 0.15) is 44.3 Å². The molecule has 0 aliphatic heterocycles. The molecule has 1 heterocycles. The molecule has 0 aliphatic carbocycles. The standard InChI is InChI=1S/C13H23NO2S/c1-5-13(6-2,16-7-3)11(15)8-12-14-10(4)9-17-12/h9,11,15H,5-8H2,1-4H3. The van der Waals surface area contributed by atoms with Crippen LogP contribution in [0.25, 0.3) is 0 Å². The first kappa shape index (κ1) is 14.6. The van der Waals surface area contributed by atoms with Crippen LogP contribution in [0.2, 0.25) is 0 Å². The summed E-state index contributed by atoms with van der Waals surface area (Å²) >= 11 is 1.61. The smallest absolute Gasteiger partial charge is 0.0955 e. The lowest BCUT2D eigenvalue weighted by atomic mass is 9.88. The molecular weight excluding hydrogens is 234 g/mol. The first-order chi connectivity index (χ1) is 8.07. The molecule has 1 rings (SSSR count). The van der Waals surface area contributed by atoms with Crippen molar-refractivity contribution in [2.24, 2.45) is 0 Å². The van der Waals surface area contributed by atoms with Crippen molar-refractivity contribution in [2.75, 3.05) is 6.61 Å². The SMILES string of the molecule is CCOC(CC)(CC)C(O)Cc1nc(C)cs1. The molecule has 0 aliphatic rings. The molecule has 0 aromatic carbocycles. The van der Waals surface area contributed by atoms with Gasteiger partial charge in [0.15, 0.2) is 0 Å². The number of rotatable bonds is 7. The van der Waals surface area contributed by atoms with Gasteiger partial charge in [0.2, 0.25) is 0 Å². The van der Waals surface area contributed by atoms with Crippen molar-refractivity contribution in [3.05, 3.63) is 16.1 Å². The molecule has 0 radical (unpaired) electrons. The average molecular weight is 257 g/mol. The van der Waals surface area contributed by atoms with Gasteiger partial charge in [0.25, 0.3) is 0 Å². The maximum Gasteiger partial charge on any atom is 0.0955 e. The van der Waals surface area contributed by atoms with Gasteiger partial charge in [-0.2, -0.15) is 0 Å². The van der Waals surface area contributed by atoms with E-state index in [9.17, 15) is 5.11 Å². The van der Waals surface area contributed by atoms with E-state index in [0.29, 0.717) is 13.0 Å². The summed E-state index contributed by atoms with van der Waals surface area (Å²) in [6.07, 6.45) is 1.74. The van der Waals surface area contributed by atoms with Gasteiger partial charge in [-0.15, -0.1) is 11.3 Å². The molecule has 0 saturated carbocycles. The Hall–Kier alpha value is -0.450. The van der Waals surface area contributed by atoms with Crippen molar-refractivity contribution in [2.45, 2.75) is 58.7 Å². The van der Waals surface area contributed by atoms with Crippen LogP contribution in [0.5, 0.6) is 0 Å². The van der Waals surface area contributed by atoms with Gasteiger partial charge in [-0.05, 0) is 26.7 Å². The van der Waals surface area contributed by atoms with Crippen molar-refractivity contribution >= 4 is 11.3 Å². The first-order valence-electron chi connectivity index (χ1n) is 6.31. The third kappa shape index (κ3) is 3.50. The zero-order valence-electron chi connectivity index (χ0n) is 11.2. The van der Waals surface area contributed by atoms with E-state index in [4.69, 9.17) is 4.74 Å². The lowest BCUT2D eigenvalue weighted by molar-refractivity contribution is -0.124. The van der Waals surface area contributed by atoms with Gasteiger partial charge in [-0.1, -0.05) is 13.8 Å². The lowest BCUT2D eigenvalue weighted by Gasteiger charge is -2.36. The number of thiazole rings is 1. The van der Waals surface area contributed by atoms with Gasteiger partial charge in [-0.25, -0.2) is 4.98 Å². The molecule has 98 valence electrons. The number of aryl methyl sites for hydroxylation is 1. The quantitative estimate of drug-likeness (QED) is 0.816. The van der Waals surface area contributed by atoms with Crippen molar-refractivity contribution < 1.29 is 9.84 Å². The molecule has 3 nitrogen and oxygen atoms in total. The zero-order valence-corrected chi connectivity index (χ0v) is 12.0. The molecule has 17 heavy (non-hydrogen) atoms. The van der Waals surface area contributed by atoms with Crippen LogP contribution in [0.15, 0.2) is 5.38 Å². The minimum Gasteiger partial charge on any atom is -0.390 e. The Morgan fingerprint density at radius 1 is 1.41 bits per heavy atom. The van der Waals surface area contributed by atoms with Crippen molar-refractivity contribution in [1.82, 2.24) is 4.98 Å². The lowest BCUT2D eigenvalue weighted by Crippen LogP contribution is -2.45. The fourth-order valence-corrected chi connectivity index (χ4v) is 2.97. The average Bonchev–Trinajstić information content (AvgIpc) is 2.71. The second-order valence-corrected chi connectivity index (χ2v) is 5.25. The predicted molar refractivity (Wildman–Crippen MR) is 71.5 cm³/mol. The predicted octanol–water partition coefficient (Wildman–Crippen LogP) is 2.95. The van der Waals surface area contributed by atoms with E-state index in [-0.39, 0.29) is 0 Å². The Morgan fingerprint density at radius 2 is 2.06 bits per heavy atom. The Balaban J connectivity index is 2.74. The summed E-state index contributed by atoms with van der Waals surface area (Å²) in [6, 6.07) is 0. The van der Waals surface area contributed by atoms with Crippen molar-refractivity contribution in [3.8, 4) is 0 Å². The number of aromatic nitrogens is 1. The number of hydrogen-bond donors (Lipinski definition) is 1. The fourth-order valence-electron chi connectivity index (χ4n) is 2.16. The molecular formula is C13H23NO2S. The third-order valence-corrected chi connectivity index (χ3v) is 4.26. The van der Waals surface area contributed by atoms with Gasteiger partial charge < -0.3 is 9.84 Å². The summed E-state index contributed by atoms with van der Waals surface area (Å²) in [6.45, 7) is 8.71. The number of hydrogen-bond acceptors (Lipinski definition) is 4. The number of nitrogens with zero attached hydrogens (tertiary/aromatic N) is 1. The van der Waals surface area contributed by atoms with Crippen LogP contribution in [-0.4, -0.2) is 28.4 Å². The number of ether oxygens (including phenoxy) is 1. The summed E-state index contributed by atoms with van der Waals surface area (Å²) in [4.78, 5) is 4.40. The molecule has 0 bridgehead atoms. The highest BCUT2D eigenvalue weighted by atomic mass is 32.1. The molecule has 4 heteroatoms. The molecule has 1 aromatic heterocycles. The van der Waals surface area contributed by atoms with E-state index >= 15 is 0 Å². The summed E-state index contributed by atoms with van der Waals surface area (Å²) in [5.74, 6) is 0. The summed E-state index contributed by atoms with van der Waals surface area (Å²) in [5.41, 5.74) is 0.598. The highest BCUT2D eigenvalue weighted by molar-refractivity contribution is 7.09. The maximum atomic E-state index is 10.4. The normalized spacial score (nSPS) is 13.9. The van der Waals surface area contributed by atoms with E-state index in [2.05, 4.69) is 18.8 Å². The number of aliphatic hydroxyl groups excluding tert-OH is 1. The number of aliphatic hydroxyl groups is 1. The van der Waals surface area contributed by atoms with Gasteiger partial charge in [0, 0.05) is 24.1 Å². The Kier molecular flexibility index (Phi) is 5.56. The van der Waals surface area contributed by atoms with Gasteiger partial charge in [0.05, 0.1) is 16.7 Å². The van der Waals surface area contributed by atoms with Crippen LogP contribution in [0.3, 0.4) is 0 Å².